The van der Waals surface area contributed by atoms with Crippen LogP contribution in [0.1, 0.15) is 33.6 Å². The highest BCUT2D eigenvalue weighted by Gasteiger charge is 2.21. The third-order valence-electron chi connectivity index (χ3n) is 3.25. The van der Waals surface area contributed by atoms with Gasteiger partial charge in [-0.3, -0.25) is 0 Å². The normalized spacial score (nSPS) is 18.3. The van der Waals surface area contributed by atoms with Crippen molar-refractivity contribution in [2.45, 2.75) is 39.2 Å². The Bertz CT molecular complexity index is 268. The summed E-state index contributed by atoms with van der Waals surface area (Å²) in [4.78, 5) is 14.0. The smallest absolute Gasteiger partial charge is 0.407 e. The Morgan fingerprint density at radius 1 is 1.32 bits per heavy atom. The molecule has 0 aromatic heterocycles. The number of likely N-dealkylation sites (tertiary alicyclic amines) is 1. The average molecular weight is 272 g/mol. The second kappa shape index (κ2) is 7.70. The van der Waals surface area contributed by atoms with Crippen LogP contribution < -0.4 is 5.32 Å². The van der Waals surface area contributed by atoms with Crippen molar-refractivity contribution < 1.29 is 14.3 Å². The molecule has 112 valence electrons. The summed E-state index contributed by atoms with van der Waals surface area (Å²) in [6, 6.07) is 0. The van der Waals surface area contributed by atoms with Crippen molar-refractivity contribution in [3.05, 3.63) is 0 Å². The van der Waals surface area contributed by atoms with Crippen LogP contribution in [0.3, 0.4) is 0 Å². The lowest BCUT2D eigenvalue weighted by atomic mass is 9.97. The van der Waals surface area contributed by atoms with Crippen LogP contribution in [0.5, 0.6) is 0 Å². The van der Waals surface area contributed by atoms with Crippen molar-refractivity contribution in [3.8, 4) is 0 Å². The van der Waals surface area contributed by atoms with Crippen LogP contribution in [0.25, 0.3) is 0 Å². The molecule has 0 bridgehead atoms. The number of carbonyl (C=O) groups is 1. The van der Waals surface area contributed by atoms with E-state index in [4.69, 9.17) is 9.47 Å². The number of nitrogens with zero attached hydrogens (tertiary/aromatic N) is 1. The van der Waals surface area contributed by atoms with E-state index in [9.17, 15) is 4.79 Å². The van der Waals surface area contributed by atoms with E-state index in [0.29, 0.717) is 12.5 Å². The number of amides is 1. The maximum atomic E-state index is 11.5. The third kappa shape index (κ3) is 7.38. The fourth-order valence-corrected chi connectivity index (χ4v) is 2.18. The SMILES string of the molecule is COCCN1CCC(CNC(=O)OC(C)(C)C)CC1. The molecule has 1 amide bonds. The second-order valence-electron chi connectivity index (χ2n) is 6.16. The molecule has 0 aromatic carbocycles. The number of carbonyl (C=O) groups excluding carboxylic acids is 1. The Balaban J connectivity index is 2.14. The lowest BCUT2D eigenvalue weighted by Crippen LogP contribution is -2.41. The van der Waals surface area contributed by atoms with Crippen molar-refractivity contribution in [1.82, 2.24) is 10.2 Å². The van der Waals surface area contributed by atoms with Gasteiger partial charge in [-0.15, -0.1) is 0 Å². The molecule has 1 aliphatic heterocycles. The van der Waals surface area contributed by atoms with Gasteiger partial charge >= 0.3 is 6.09 Å². The number of hydrogen-bond donors (Lipinski definition) is 1. The van der Waals surface area contributed by atoms with Gasteiger partial charge in [-0.1, -0.05) is 0 Å². The molecule has 5 nitrogen and oxygen atoms in total. The molecule has 0 atom stereocenters. The number of methoxy groups -OCH3 is 1. The Kier molecular flexibility index (Phi) is 6.58. The van der Waals surface area contributed by atoms with Crippen LogP contribution in [-0.2, 0) is 9.47 Å². The van der Waals surface area contributed by atoms with E-state index in [0.717, 1.165) is 39.1 Å². The summed E-state index contributed by atoms with van der Waals surface area (Å²) in [5.74, 6) is 0.561. The van der Waals surface area contributed by atoms with Crippen molar-refractivity contribution >= 4 is 6.09 Å². The molecule has 1 aliphatic rings. The molecular weight excluding hydrogens is 244 g/mol. The van der Waals surface area contributed by atoms with Gasteiger partial charge in [-0.25, -0.2) is 4.79 Å². The molecule has 0 radical (unpaired) electrons. The summed E-state index contributed by atoms with van der Waals surface area (Å²) < 4.78 is 10.3. The Morgan fingerprint density at radius 2 is 1.95 bits per heavy atom. The summed E-state index contributed by atoms with van der Waals surface area (Å²) in [7, 11) is 1.73. The number of rotatable bonds is 5. The maximum absolute atomic E-state index is 11.5. The molecule has 5 heteroatoms. The zero-order valence-corrected chi connectivity index (χ0v) is 12.7. The van der Waals surface area contributed by atoms with Crippen molar-refractivity contribution in [1.29, 1.82) is 0 Å². The third-order valence-corrected chi connectivity index (χ3v) is 3.25. The zero-order chi connectivity index (χ0) is 14.3. The summed E-state index contributed by atoms with van der Waals surface area (Å²) >= 11 is 0. The summed E-state index contributed by atoms with van der Waals surface area (Å²) in [5, 5.41) is 2.86. The van der Waals surface area contributed by atoms with E-state index < -0.39 is 5.60 Å². The van der Waals surface area contributed by atoms with Gasteiger partial charge in [0.2, 0.25) is 0 Å². The van der Waals surface area contributed by atoms with E-state index in [1.54, 1.807) is 7.11 Å². The minimum Gasteiger partial charge on any atom is -0.444 e. The lowest BCUT2D eigenvalue weighted by Gasteiger charge is -2.31. The van der Waals surface area contributed by atoms with E-state index in [1.165, 1.54) is 0 Å². The molecule has 1 N–H and O–H groups in total. The van der Waals surface area contributed by atoms with Crippen LogP contribution >= 0.6 is 0 Å². The predicted octanol–water partition coefficient (Wildman–Crippen LogP) is 1.87. The van der Waals surface area contributed by atoms with E-state index >= 15 is 0 Å². The largest absolute Gasteiger partial charge is 0.444 e. The summed E-state index contributed by atoms with van der Waals surface area (Å²) in [6.07, 6.45) is 1.94. The van der Waals surface area contributed by atoms with Crippen LogP contribution in [0.4, 0.5) is 4.79 Å². The molecule has 0 spiro atoms. The second-order valence-corrected chi connectivity index (χ2v) is 6.16. The van der Waals surface area contributed by atoms with Gasteiger partial charge in [0, 0.05) is 20.2 Å². The van der Waals surface area contributed by atoms with E-state index in [-0.39, 0.29) is 6.09 Å². The molecular formula is C14H28N2O3. The minimum atomic E-state index is -0.423. The maximum Gasteiger partial charge on any atom is 0.407 e. The molecule has 1 rings (SSSR count). The first-order valence-corrected chi connectivity index (χ1v) is 7.09. The monoisotopic (exact) mass is 272 g/mol. The van der Waals surface area contributed by atoms with Gasteiger partial charge in [-0.05, 0) is 52.6 Å². The summed E-state index contributed by atoms with van der Waals surface area (Å²) in [5.41, 5.74) is -0.423. The molecule has 0 aromatic rings. The van der Waals surface area contributed by atoms with Crippen molar-refractivity contribution in [2.24, 2.45) is 5.92 Å². The van der Waals surface area contributed by atoms with Gasteiger partial charge in [0.1, 0.15) is 5.60 Å². The predicted molar refractivity (Wildman–Crippen MR) is 75.3 cm³/mol. The minimum absolute atomic E-state index is 0.311. The Labute approximate surface area is 116 Å². The van der Waals surface area contributed by atoms with Crippen LogP contribution in [0.15, 0.2) is 0 Å². The number of piperidine rings is 1. The molecule has 1 fully saturated rings. The lowest BCUT2D eigenvalue weighted by molar-refractivity contribution is 0.0507. The van der Waals surface area contributed by atoms with Gasteiger partial charge in [0.05, 0.1) is 6.61 Å². The number of ether oxygens (including phenoxy) is 2. The number of alkyl carbamates (subject to hydrolysis) is 1. The first-order valence-electron chi connectivity index (χ1n) is 7.09. The van der Waals surface area contributed by atoms with Crippen LogP contribution in [0, 0.1) is 5.92 Å². The molecule has 19 heavy (non-hydrogen) atoms. The zero-order valence-electron chi connectivity index (χ0n) is 12.7. The van der Waals surface area contributed by atoms with Gasteiger partial charge in [-0.2, -0.15) is 0 Å². The van der Waals surface area contributed by atoms with Gasteiger partial charge < -0.3 is 19.7 Å². The first-order chi connectivity index (χ1) is 8.90. The van der Waals surface area contributed by atoms with Gasteiger partial charge in [0.25, 0.3) is 0 Å². The van der Waals surface area contributed by atoms with Crippen molar-refractivity contribution in [3.63, 3.8) is 0 Å². The molecule has 0 saturated carbocycles. The quantitative estimate of drug-likeness (QED) is 0.830. The van der Waals surface area contributed by atoms with Crippen molar-refractivity contribution in [2.75, 3.05) is 39.9 Å². The Morgan fingerprint density at radius 3 is 2.47 bits per heavy atom. The fraction of sp³-hybridized carbons (Fsp3) is 0.929. The molecule has 1 heterocycles. The highest BCUT2D eigenvalue weighted by atomic mass is 16.6. The molecule has 1 saturated heterocycles. The van der Waals surface area contributed by atoms with E-state index in [2.05, 4.69) is 10.2 Å². The Hall–Kier alpha value is -0.810. The van der Waals surface area contributed by atoms with E-state index in [1.807, 2.05) is 20.8 Å². The number of hydrogen-bond acceptors (Lipinski definition) is 4. The van der Waals surface area contributed by atoms with Gasteiger partial charge in [0.15, 0.2) is 0 Å². The first kappa shape index (κ1) is 16.2. The van der Waals surface area contributed by atoms with Crippen LogP contribution in [-0.4, -0.2) is 56.5 Å². The molecule has 0 aliphatic carbocycles. The van der Waals surface area contributed by atoms with Crippen LogP contribution in [0.2, 0.25) is 0 Å². The highest BCUT2D eigenvalue weighted by Crippen LogP contribution is 2.16. The summed E-state index contributed by atoms with van der Waals surface area (Å²) in [6.45, 7) is 10.3. The average Bonchev–Trinajstić information content (AvgIpc) is 2.33. The highest BCUT2D eigenvalue weighted by molar-refractivity contribution is 5.67. The standard InChI is InChI=1S/C14H28N2O3/c1-14(2,3)19-13(17)15-11-12-5-7-16(8-6-12)9-10-18-4/h12H,5-11H2,1-4H3,(H,15,17). The molecule has 0 unspecified atom stereocenters. The fourth-order valence-electron chi connectivity index (χ4n) is 2.18. The topological polar surface area (TPSA) is 50.8 Å². The number of nitrogens with one attached hydrogen (secondary N) is 1.